The van der Waals surface area contributed by atoms with Crippen molar-refractivity contribution in [3.8, 4) is 123 Å². The van der Waals surface area contributed by atoms with Crippen LogP contribution in [0, 0.1) is 0 Å². The molecule has 0 radical (unpaired) electrons. The SMILES string of the molecule is c1cc2c3c(c1)Oc1c(cccc1-n1c4ccccc4c4cc5c(cc41)-c1ccccc1-c1ccccc1-c1ccccc1-5)B3c1cccc(-n3c4ccccc4c4cc5c(cc43)-c3ccccc3-c3ccccc3-c3ccccc3-5)c1O2. The summed E-state index contributed by atoms with van der Waals surface area (Å²) >= 11 is 0. The molecule has 2 aliphatic heterocycles. The molecule has 0 bridgehead atoms. The number of benzene rings is 13. The first-order valence-corrected chi connectivity index (χ1v) is 28.7. The van der Waals surface area contributed by atoms with Crippen LogP contribution in [0.25, 0.3) is 144 Å². The van der Waals surface area contributed by atoms with E-state index in [1.165, 1.54) is 111 Å². The van der Waals surface area contributed by atoms with Gasteiger partial charge in [-0.1, -0.05) is 212 Å². The Hall–Kier alpha value is -10.9. The third kappa shape index (κ3) is 6.15. The Bertz CT molecular complexity index is 5040. The number of para-hydroxylation sites is 4. The largest absolute Gasteiger partial charge is 0.456 e. The second-order valence-electron chi connectivity index (χ2n) is 22.5. The fourth-order valence-electron chi connectivity index (χ4n) is 15.0. The number of fused-ring (bicyclic) bond motifs is 26. The Kier molecular flexibility index (Phi) is 9.11. The van der Waals surface area contributed by atoms with Crippen LogP contribution in [0.4, 0.5) is 0 Å². The summed E-state index contributed by atoms with van der Waals surface area (Å²) in [7, 11) is 0. The van der Waals surface area contributed by atoms with Crippen LogP contribution < -0.4 is 25.9 Å². The van der Waals surface area contributed by atoms with Gasteiger partial charge in [0, 0.05) is 27.0 Å². The van der Waals surface area contributed by atoms with Crippen molar-refractivity contribution in [3.05, 3.63) is 273 Å². The summed E-state index contributed by atoms with van der Waals surface area (Å²) in [6.07, 6.45) is 0. The molecule has 0 saturated heterocycles. The summed E-state index contributed by atoms with van der Waals surface area (Å²) in [4.78, 5) is 0. The summed E-state index contributed by atoms with van der Waals surface area (Å²) in [5, 5.41) is 4.75. The van der Waals surface area contributed by atoms with Crippen molar-refractivity contribution in [2.24, 2.45) is 0 Å². The van der Waals surface area contributed by atoms with Crippen molar-refractivity contribution in [1.29, 1.82) is 0 Å². The summed E-state index contributed by atoms with van der Waals surface area (Å²) < 4.78 is 19.6. The van der Waals surface area contributed by atoms with Crippen molar-refractivity contribution in [2.75, 3.05) is 0 Å². The number of hydrogen-bond donors (Lipinski definition) is 0. The number of hydrogen-bond acceptors (Lipinski definition) is 2. The average molecular weight is 1050 g/mol. The Morgan fingerprint density at radius 1 is 0.229 bits per heavy atom. The number of rotatable bonds is 2. The van der Waals surface area contributed by atoms with E-state index in [1.807, 2.05) is 0 Å². The first-order valence-electron chi connectivity index (χ1n) is 28.7. The lowest BCUT2D eigenvalue weighted by Gasteiger charge is -2.34. The minimum absolute atomic E-state index is 0.193. The predicted octanol–water partition coefficient (Wildman–Crippen LogP) is 18.6. The van der Waals surface area contributed by atoms with Gasteiger partial charge in [-0.15, -0.1) is 0 Å². The highest BCUT2D eigenvalue weighted by Crippen LogP contribution is 2.53. The number of ether oxygens (including phenoxy) is 2. The zero-order valence-electron chi connectivity index (χ0n) is 44.8. The van der Waals surface area contributed by atoms with E-state index in [0.29, 0.717) is 0 Å². The van der Waals surface area contributed by atoms with Gasteiger partial charge in [0.05, 0.1) is 33.4 Å². The van der Waals surface area contributed by atoms with Gasteiger partial charge >= 0.3 is 0 Å². The van der Waals surface area contributed by atoms with Crippen LogP contribution in [0.15, 0.2) is 273 Å². The predicted molar refractivity (Wildman–Crippen MR) is 343 cm³/mol. The van der Waals surface area contributed by atoms with Gasteiger partial charge in [-0.3, -0.25) is 0 Å². The molecule has 0 atom stereocenters. The Morgan fingerprint density at radius 3 is 0.867 bits per heavy atom. The molecular formula is C78H45BN2O2. The van der Waals surface area contributed by atoms with Crippen molar-refractivity contribution in [2.45, 2.75) is 0 Å². The molecule has 2 aliphatic carbocycles. The van der Waals surface area contributed by atoms with E-state index in [4.69, 9.17) is 9.47 Å². The molecule has 0 N–H and O–H groups in total. The molecule has 13 aromatic carbocycles. The maximum absolute atomic E-state index is 7.34. The van der Waals surface area contributed by atoms with Crippen molar-refractivity contribution in [3.63, 3.8) is 0 Å². The smallest absolute Gasteiger partial charge is 0.260 e. The quantitative estimate of drug-likeness (QED) is 0.161. The molecule has 2 aromatic heterocycles. The molecule has 382 valence electrons. The van der Waals surface area contributed by atoms with Gasteiger partial charge in [-0.2, -0.15) is 0 Å². The zero-order chi connectivity index (χ0) is 54.0. The lowest BCUT2D eigenvalue weighted by Crippen LogP contribution is -2.57. The monoisotopic (exact) mass is 1050 g/mol. The first-order chi connectivity index (χ1) is 41.2. The van der Waals surface area contributed by atoms with Crippen LogP contribution in [0.3, 0.4) is 0 Å². The van der Waals surface area contributed by atoms with E-state index < -0.39 is 0 Å². The van der Waals surface area contributed by atoms with Gasteiger partial charge in [-0.05, 0) is 161 Å². The molecule has 0 unspecified atom stereocenters. The molecule has 83 heavy (non-hydrogen) atoms. The van der Waals surface area contributed by atoms with Crippen LogP contribution in [0.1, 0.15) is 0 Å². The van der Waals surface area contributed by atoms with Gasteiger partial charge < -0.3 is 18.6 Å². The molecule has 15 aromatic rings. The number of nitrogens with zero attached hydrogens (tertiary/aromatic N) is 2. The minimum Gasteiger partial charge on any atom is -0.456 e. The summed E-state index contributed by atoms with van der Waals surface area (Å²) in [5.74, 6) is 3.28. The van der Waals surface area contributed by atoms with Crippen LogP contribution in [-0.2, 0) is 0 Å². The standard InChI is InChI=1S/C78H45BN2O2/c1-3-22-48-46(20-1)50-24-5-9-28-54(50)60-42-64-58-32-13-15-36-68(58)80(72(64)44-62(60)56-30-11-7-26-52(48)56)70-38-17-34-66-77(70)82-74-40-19-41-75-76(74)79(66)67-35-18-39-71(78(67)83-75)81-69-37-16-14-33-59(69)65-43-61-55-29-10-6-25-51(55)47-21-2-4-23-49(47)53-27-8-12-31-57(53)63(61)45-73(65)81/h1-45H. The van der Waals surface area contributed by atoms with Crippen molar-refractivity contribution >= 4 is 66.7 Å². The first kappa shape index (κ1) is 44.9. The van der Waals surface area contributed by atoms with Gasteiger partial charge in [0.25, 0.3) is 6.71 Å². The maximum Gasteiger partial charge on any atom is 0.260 e. The highest BCUT2D eigenvalue weighted by Gasteiger charge is 2.42. The lowest BCUT2D eigenvalue weighted by molar-refractivity contribution is 0.462. The van der Waals surface area contributed by atoms with Crippen LogP contribution >= 0.6 is 0 Å². The van der Waals surface area contributed by atoms with E-state index in [0.717, 1.165) is 72.8 Å². The highest BCUT2D eigenvalue weighted by atomic mass is 16.5. The van der Waals surface area contributed by atoms with Crippen LogP contribution in [0.2, 0.25) is 0 Å². The van der Waals surface area contributed by atoms with Crippen LogP contribution in [-0.4, -0.2) is 15.8 Å². The molecule has 4 heterocycles. The van der Waals surface area contributed by atoms with Gasteiger partial charge in [0.1, 0.15) is 23.0 Å². The van der Waals surface area contributed by atoms with Crippen molar-refractivity contribution in [1.82, 2.24) is 9.13 Å². The van der Waals surface area contributed by atoms with Crippen LogP contribution in [0.5, 0.6) is 23.0 Å². The normalized spacial score (nSPS) is 12.7. The topological polar surface area (TPSA) is 28.3 Å². The molecular weight excluding hydrogens is 1010 g/mol. The van der Waals surface area contributed by atoms with E-state index in [2.05, 4.69) is 282 Å². The Morgan fingerprint density at radius 2 is 0.518 bits per heavy atom. The Balaban J connectivity index is 0.835. The molecule has 4 aliphatic rings. The summed E-state index contributed by atoms with van der Waals surface area (Å²) in [6, 6.07) is 101. The highest BCUT2D eigenvalue weighted by molar-refractivity contribution is 6.98. The molecule has 0 saturated carbocycles. The van der Waals surface area contributed by atoms with E-state index >= 15 is 0 Å². The fraction of sp³-hybridized carbons (Fsp3) is 0. The molecule has 0 fully saturated rings. The second kappa shape index (κ2) is 16.8. The van der Waals surface area contributed by atoms with E-state index in [1.54, 1.807) is 0 Å². The summed E-state index contributed by atoms with van der Waals surface area (Å²) in [5.41, 5.74) is 29.2. The van der Waals surface area contributed by atoms with Crippen molar-refractivity contribution < 1.29 is 9.47 Å². The summed E-state index contributed by atoms with van der Waals surface area (Å²) in [6.45, 7) is -0.193. The van der Waals surface area contributed by atoms with E-state index in [9.17, 15) is 0 Å². The molecule has 4 nitrogen and oxygen atoms in total. The molecule has 19 rings (SSSR count). The lowest BCUT2D eigenvalue weighted by atomic mass is 9.34. The third-order valence-electron chi connectivity index (χ3n) is 18.4. The number of aromatic nitrogens is 2. The van der Waals surface area contributed by atoms with Gasteiger partial charge in [-0.25, -0.2) is 0 Å². The zero-order valence-corrected chi connectivity index (χ0v) is 44.8. The third-order valence-corrected chi connectivity index (χ3v) is 18.4. The van der Waals surface area contributed by atoms with Gasteiger partial charge in [0.2, 0.25) is 0 Å². The molecule has 5 heteroatoms. The minimum atomic E-state index is -0.193. The Labute approximate surface area is 479 Å². The molecule has 0 spiro atoms. The maximum atomic E-state index is 7.34. The van der Waals surface area contributed by atoms with Gasteiger partial charge in [0.15, 0.2) is 0 Å². The average Bonchev–Trinajstić information content (AvgIpc) is 2.25. The molecule has 0 amide bonds. The fourth-order valence-corrected chi connectivity index (χ4v) is 15.0. The van der Waals surface area contributed by atoms with E-state index in [-0.39, 0.29) is 6.71 Å². The second-order valence-corrected chi connectivity index (χ2v) is 22.5.